The molecule has 0 radical (unpaired) electrons. The first kappa shape index (κ1) is 26.4. The molecule has 30 heavy (non-hydrogen) atoms. The fourth-order valence-corrected chi connectivity index (χ4v) is 3.27. The summed E-state index contributed by atoms with van der Waals surface area (Å²) < 4.78 is 7.66. The van der Waals surface area contributed by atoms with Crippen LogP contribution in [0.4, 0.5) is 0 Å². The topological polar surface area (TPSA) is 63.5 Å². The van der Waals surface area contributed by atoms with Crippen molar-refractivity contribution in [1.29, 1.82) is 0 Å². The number of aromatic nitrogens is 2. The third kappa shape index (κ3) is 8.26. The predicted molar refractivity (Wildman–Crippen MR) is 136 cm³/mol. The van der Waals surface area contributed by atoms with Crippen molar-refractivity contribution in [2.24, 2.45) is 12.0 Å². The maximum atomic E-state index is 5.71. The van der Waals surface area contributed by atoms with Crippen molar-refractivity contribution >= 4 is 29.9 Å². The van der Waals surface area contributed by atoms with Crippen molar-refractivity contribution in [3.8, 4) is 0 Å². The van der Waals surface area contributed by atoms with E-state index in [1.54, 1.807) is 0 Å². The molecular formula is C23H38IN5O. The number of aliphatic imine (C=N–C) groups is 1. The van der Waals surface area contributed by atoms with Crippen LogP contribution in [0.15, 0.2) is 29.3 Å². The molecule has 1 unspecified atom stereocenters. The Balaban J connectivity index is 0.00000450. The lowest BCUT2D eigenvalue weighted by Crippen LogP contribution is -2.43. The molecule has 7 heteroatoms. The van der Waals surface area contributed by atoms with Gasteiger partial charge in [0.15, 0.2) is 5.96 Å². The van der Waals surface area contributed by atoms with Gasteiger partial charge in [0, 0.05) is 25.3 Å². The number of nitrogens with one attached hydrogen (secondary N) is 2. The van der Waals surface area contributed by atoms with E-state index in [4.69, 9.17) is 9.73 Å². The van der Waals surface area contributed by atoms with Gasteiger partial charge in [-0.05, 0) is 64.7 Å². The van der Waals surface area contributed by atoms with Crippen LogP contribution in [-0.4, -0.2) is 34.4 Å². The molecule has 1 aromatic heterocycles. The maximum absolute atomic E-state index is 5.71. The van der Waals surface area contributed by atoms with Gasteiger partial charge >= 0.3 is 0 Å². The lowest BCUT2D eigenvalue weighted by Gasteiger charge is -2.18. The largest absolute Gasteiger partial charge is 0.374 e. The molecule has 0 spiro atoms. The van der Waals surface area contributed by atoms with Crippen molar-refractivity contribution in [3.63, 3.8) is 0 Å². The molecule has 6 nitrogen and oxygen atoms in total. The van der Waals surface area contributed by atoms with Gasteiger partial charge in [-0.3, -0.25) is 4.68 Å². The highest BCUT2D eigenvalue weighted by Crippen LogP contribution is 2.14. The zero-order valence-electron chi connectivity index (χ0n) is 19.5. The van der Waals surface area contributed by atoms with Crippen LogP contribution in [-0.2, 0) is 31.4 Å². The summed E-state index contributed by atoms with van der Waals surface area (Å²) in [7, 11) is 2.00. The van der Waals surface area contributed by atoms with Crippen molar-refractivity contribution in [2.75, 3.05) is 6.54 Å². The van der Waals surface area contributed by atoms with Crippen LogP contribution < -0.4 is 10.6 Å². The molecule has 1 atom stereocenters. The van der Waals surface area contributed by atoms with Gasteiger partial charge in [-0.15, -0.1) is 24.0 Å². The normalized spacial score (nSPS) is 12.6. The lowest BCUT2D eigenvalue weighted by molar-refractivity contribution is 0.0657. The standard InChI is InChI=1S/C23H37N5O.HI/c1-8-24-23(26-17(4)12-22-18(5)27-28(7)19(22)6)25-14-20-10-9-11-21(13-20)15-29-16(2)3;/h9-11,13,16-17H,8,12,14-15H2,1-7H3,(H2,24,25,26);1H. The second-order valence-electron chi connectivity index (χ2n) is 7.90. The predicted octanol–water partition coefficient (Wildman–Crippen LogP) is 4.27. The van der Waals surface area contributed by atoms with E-state index in [1.807, 2.05) is 11.7 Å². The number of benzene rings is 1. The summed E-state index contributed by atoms with van der Waals surface area (Å²) >= 11 is 0. The Morgan fingerprint density at radius 3 is 2.50 bits per heavy atom. The zero-order valence-corrected chi connectivity index (χ0v) is 21.8. The molecule has 0 aliphatic heterocycles. The Labute approximate surface area is 198 Å². The number of hydrogen-bond acceptors (Lipinski definition) is 3. The van der Waals surface area contributed by atoms with Crippen molar-refractivity contribution in [1.82, 2.24) is 20.4 Å². The molecule has 168 valence electrons. The van der Waals surface area contributed by atoms with Gasteiger partial charge in [0.2, 0.25) is 0 Å². The van der Waals surface area contributed by atoms with Gasteiger partial charge in [-0.1, -0.05) is 24.3 Å². The van der Waals surface area contributed by atoms with E-state index >= 15 is 0 Å². The third-order valence-electron chi connectivity index (χ3n) is 4.89. The fourth-order valence-electron chi connectivity index (χ4n) is 3.27. The summed E-state index contributed by atoms with van der Waals surface area (Å²) in [6, 6.07) is 8.69. The van der Waals surface area contributed by atoms with Crippen LogP contribution in [0.1, 0.15) is 55.8 Å². The number of halogens is 1. The second-order valence-corrected chi connectivity index (χ2v) is 7.90. The van der Waals surface area contributed by atoms with Crippen LogP contribution in [0.25, 0.3) is 0 Å². The minimum atomic E-state index is 0. The van der Waals surface area contributed by atoms with Gasteiger partial charge in [0.1, 0.15) is 0 Å². The van der Waals surface area contributed by atoms with Gasteiger partial charge in [-0.25, -0.2) is 4.99 Å². The molecular weight excluding hydrogens is 489 g/mol. The molecule has 0 aliphatic rings. The van der Waals surface area contributed by atoms with E-state index in [9.17, 15) is 0 Å². The first-order valence-corrected chi connectivity index (χ1v) is 10.5. The Kier molecular flexibility index (Phi) is 11.4. The minimum absolute atomic E-state index is 0. The molecule has 0 amide bonds. The maximum Gasteiger partial charge on any atom is 0.191 e. The van der Waals surface area contributed by atoms with Crippen LogP contribution in [0, 0.1) is 13.8 Å². The average molecular weight is 527 g/mol. The van der Waals surface area contributed by atoms with E-state index in [2.05, 4.69) is 81.5 Å². The highest BCUT2D eigenvalue weighted by molar-refractivity contribution is 14.0. The van der Waals surface area contributed by atoms with Crippen LogP contribution in [0.2, 0.25) is 0 Å². The van der Waals surface area contributed by atoms with Gasteiger partial charge < -0.3 is 15.4 Å². The Morgan fingerprint density at radius 2 is 1.90 bits per heavy atom. The van der Waals surface area contributed by atoms with Crippen molar-refractivity contribution in [2.45, 2.75) is 73.3 Å². The molecule has 0 bridgehead atoms. The Morgan fingerprint density at radius 1 is 1.20 bits per heavy atom. The quantitative estimate of drug-likeness (QED) is 0.291. The molecule has 1 aromatic carbocycles. The van der Waals surface area contributed by atoms with Gasteiger partial charge in [-0.2, -0.15) is 5.10 Å². The average Bonchev–Trinajstić information content (AvgIpc) is 2.91. The number of aryl methyl sites for hydroxylation is 2. The molecule has 0 saturated heterocycles. The summed E-state index contributed by atoms with van der Waals surface area (Å²) in [6.45, 7) is 14.7. The van der Waals surface area contributed by atoms with Crippen LogP contribution in [0.5, 0.6) is 0 Å². The number of rotatable bonds is 9. The Bertz CT molecular complexity index is 816. The number of nitrogens with zero attached hydrogens (tertiary/aromatic N) is 3. The monoisotopic (exact) mass is 527 g/mol. The zero-order chi connectivity index (χ0) is 21.4. The van der Waals surface area contributed by atoms with E-state index in [1.165, 1.54) is 22.4 Å². The van der Waals surface area contributed by atoms with Crippen molar-refractivity contribution < 1.29 is 4.74 Å². The fraction of sp³-hybridized carbons (Fsp3) is 0.565. The third-order valence-corrected chi connectivity index (χ3v) is 4.89. The van der Waals surface area contributed by atoms with Crippen LogP contribution in [0.3, 0.4) is 0 Å². The molecule has 0 aliphatic carbocycles. The van der Waals surface area contributed by atoms with E-state index in [0.717, 1.165) is 24.6 Å². The molecule has 2 N–H and O–H groups in total. The highest BCUT2D eigenvalue weighted by atomic mass is 127. The smallest absolute Gasteiger partial charge is 0.191 e. The lowest BCUT2D eigenvalue weighted by atomic mass is 10.1. The highest BCUT2D eigenvalue weighted by Gasteiger charge is 2.14. The summed E-state index contributed by atoms with van der Waals surface area (Å²) in [6.07, 6.45) is 1.15. The molecule has 0 saturated carbocycles. The second kappa shape index (κ2) is 12.9. The summed E-state index contributed by atoms with van der Waals surface area (Å²) in [5.74, 6) is 0.836. The molecule has 2 rings (SSSR count). The van der Waals surface area contributed by atoms with Crippen molar-refractivity contribution in [3.05, 3.63) is 52.3 Å². The van der Waals surface area contributed by atoms with Gasteiger partial charge in [0.25, 0.3) is 0 Å². The van der Waals surface area contributed by atoms with E-state index < -0.39 is 0 Å². The van der Waals surface area contributed by atoms with E-state index in [0.29, 0.717) is 13.2 Å². The molecule has 0 fully saturated rings. The summed E-state index contributed by atoms with van der Waals surface area (Å²) in [5.41, 5.74) is 5.99. The first-order valence-electron chi connectivity index (χ1n) is 10.5. The number of hydrogen-bond donors (Lipinski definition) is 2. The summed E-state index contributed by atoms with van der Waals surface area (Å²) in [5, 5.41) is 11.4. The van der Waals surface area contributed by atoms with E-state index in [-0.39, 0.29) is 36.1 Å². The summed E-state index contributed by atoms with van der Waals surface area (Å²) in [4.78, 5) is 4.78. The first-order chi connectivity index (χ1) is 13.8. The minimum Gasteiger partial charge on any atom is -0.374 e. The molecule has 2 aromatic rings. The SMILES string of the molecule is CCNC(=NCc1cccc(COC(C)C)c1)NC(C)Cc1c(C)nn(C)c1C.I. The number of ether oxygens (including phenoxy) is 1. The molecule has 1 heterocycles. The van der Waals surface area contributed by atoms with Crippen LogP contribution >= 0.6 is 24.0 Å². The number of guanidine groups is 1. The van der Waals surface area contributed by atoms with Gasteiger partial charge in [0.05, 0.1) is 24.9 Å². The Hall–Kier alpha value is -1.61.